The van der Waals surface area contributed by atoms with Gasteiger partial charge in [-0.05, 0) is 70.8 Å². The summed E-state index contributed by atoms with van der Waals surface area (Å²) in [5.41, 5.74) is 1.25. The molecule has 0 amide bonds. The van der Waals surface area contributed by atoms with Crippen molar-refractivity contribution in [2.24, 2.45) is 0 Å². The molecule has 3 rings (SSSR count). The minimum absolute atomic E-state index is 0.261. The van der Waals surface area contributed by atoms with Crippen molar-refractivity contribution in [1.82, 2.24) is 14.7 Å². The number of aliphatic hydroxyl groups excluding tert-OH is 1. The van der Waals surface area contributed by atoms with Crippen LogP contribution in [0.4, 0.5) is 0 Å². The van der Waals surface area contributed by atoms with Crippen LogP contribution in [0.1, 0.15) is 45.6 Å². The van der Waals surface area contributed by atoms with Gasteiger partial charge in [0.05, 0.1) is 13.7 Å². The van der Waals surface area contributed by atoms with Gasteiger partial charge in [0.25, 0.3) is 0 Å². The second-order valence-corrected chi connectivity index (χ2v) is 8.92. The normalized spacial score (nSPS) is 22.5. The first kappa shape index (κ1) is 23.3. The van der Waals surface area contributed by atoms with Gasteiger partial charge in [-0.1, -0.05) is 6.07 Å². The molecule has 0 unspecified atom stereocenters. The lowest BCUT2D eigenvalue weighted by molar-refractivity contribution is -0.0000457. The smallest absolute Gasteiger partial charge is 0.161 e. The third-order valence-corrected chi connectivity index (χ3v) is 6.71. The molecule has 6 heteroatoms. The van der Waals surface area contributed by atoms with Gasteiger partial charge >= 0.3 is 0 Å². The highest BCUT2D eigenvalue weighted by Gasteiger charge is 2.33. The van der Waals surface area contributed by atoms with E-state index in [-0.39, 0.29) is 6.61 Å². The number of likely N-dealkylation sites (tertiary alicyclic amines) is 1. The van der Waals surface area contributed by atoms with Gasteiger partial charge in [0.15, 0.2) is 11.5 Å². The number of methoxy groups -OCH3 is 1. The van der Waals surface area contributed by atoms with Crippen LogP contribution in [0, 0.1) is 0 Å². The van der Waals surface area contributed by atoms with Crippen LogP contribution in [0.2, 0.25) is 0 Å². The summed E-state index contributed by atoms with van der Waals surface area (Å²) < 4.78 is 11.2. The summed E-state index contributed by atoms with van der Waals surface area (Å²) in [6.07, 6.45) is 3.35. The second-order valence-electron chi connectivity index (χ2n) is 8.92. The summed E-state index contributed by atoms with van der Waals surface area (Å²) in [5, 5.41) is 9.69. The predicted molar refractivity (Wildman–Crippen MR) is 121 cm³/mol. The van der Waals surface area contributed by atoms with E-state index in [4.69, 9.17) is 9.47 Å². The number of aliphatic hydroxyl groups is 1. The van der Waals surface area contributed by atoms with Crippen LogP contribution >= 0.6 is 0 Å². The number of hydrogen-bond acceptors (Lipinski definition) is 6. The molecule has 2 fully saturated rings. The van der Waals surface area contributed by atoms with Crippen LogP contribution in [0.25, 0.3) is 0 Å². The van der Waals surface area contributed by atoms with Gasteiger partial charge in [0.2, 0.25) is 0 Å². The maximum Gasteiger partial charge on any atom is 0.161 e. The van der Waals surface area contributed by atoms with Crippen molar-refractivity contribution < 1.29 is 14.6 Å². The van der Waals surface area contributed by atoms with E-state index in [2.05, 4.69) is 40.7 Å². The van der Waals surface area contributed by atoms with Gasteiger partial charge in [-0.2, -0.15) is 0 Å². The summed E-state index contributed by atoms with van der Waals surface area (Å²) in [7, 11) is 1.68. The van der Waals surface area contributed by atoms with Crippen molar-refractivity contribution in [2.45, 2.75) is 64.7 Å². The standard InChI is InChI=1S/C24H41N3O3/c1-5-30-24-16-20(6-7-23(24)29-4)17-25-13-14-27(22(18-25)10-15-28)21-8-11-26(12-9-21)19(2)3/h6-7,16,19,21-22,28H,5,8-15,17-18H2,1-4H3/t22-/m1/s1. The van der Waals surface area contributed by atoms with E-state index >= 15 is 0 Å². The topological polar surface area (TPSA) is 48.4 Å². The van der Waals surface area contributed by atoms with Gasteiger partial charge in [0, 0.05) is 50.9 Å². The first-order valence-corrected chi connectivity index (χ1v) is 11.7. The number of hydrogen-bond donors (Lipinski definition) is 1. The quantitative estimate of drug-likeness (QED) is 0.664. The minimum Gasteiger partial charge on any atom is -0.493 e. The van der Waals surface area contributed by atoms with Gasteiger partial charge in [-0.25, -0.2) is 0 Å². The van der Waals surface area contributed by atoms with Crippen molar-refractivity contribution in [3.8, 4) is 11.5 Å². The van der Waals surface area contributed by atoms with E-state index in [0.29, 0.717) is 24.7 Å². The van der Waals surface area contributed by atoms with Crippen LogP contribution in [0.3, 0.4) is 0 Å². The maximum atomic E-state index is 9.69. The number of benzene rings is 1. The predicted octanol–water partition coefficient (Wildman–Crippen LogP) is 2.84. The zero-order valence-corrected chi connectivity index (χ0v) is 19.3. The van der Waals surface area contributed by atoms with Crippen molar-refractivity contribution in [3.63, 3.8) is 0 Å². The molecule has 0 bridgehead atoms. The molecule has 0 spiro atoms. The molecule has 1 aromatic rings. The molecule has 2 heterocycles. The molecule has 2 aliphatic heterocycles. The van der Waals surface area contributed by atoms with Crippen LogP contribution in [0.15, 0.2) is 18.2 Å². The Morgan fingerprint density at radius 1 is 1.10 bits per heavy atom. The lowest BCUT2D eigenvalue weighted by Crippen LogP contribution is -2.58. The summed E-state index contributed by atoms with van der Waals surface area (Å²) >= 11 is 0. The molecule has 1 N–H and O–H groups in total. The van der Waals surface area contributed by atoms with E-state index in [0.717, 1.165) is 44.1 Å². The third kappa shape index (κ3) is 5.88. The Balaban J connectivity index is 1.60. The van der Waals surface area contributed by atoms with Gasteiger partial charge in [0.1, 0.15) is 0 Å². The summed E-state index contributed by atoms with van der Waals surface area (Å²) in [4.78, 5) is 7.81. The zero-order valence-electron chi connectivity index (χ0n) is 19.3. The Hall–Kier alpha value is -1.34. The highest BCUT2D eigenvalue weighted by molar-refractivity contribution is 5.43. The molecular weight excluding hydrogens is 378 g/mol. The van der Waals surface area contributed by atoms with Crippen molar-refractivity contribution in [2.75, 3.05) is 53.0 Å². The fraction of sp³-hybridized carbons (Fsp3) is 0.750. The van der Waals surface area contributed by atoms with E-state index < -0.39 is 0 Å². The lowest BCUT2D eigenvalue weighted by Gasteiger charge is -2.48. The van der Waals surface area contributed by atoms with Crippen molar-refractivity contribution in [3.05, 3.63) is 23.8 Å². The molecule has 0 saturated carbocycles. The lowest BCUT2D eigenvalue weighted by atomic mass is 9.97. The largest absolute Gasteiger partial charge is 0.493 e. The minimum atomic E-state index is 0.261. The molecule has 0 aliphatic carbocycles. The number of rotatable bonds is 9. The molecule has 2 saturated heterocycles. The van der Waals surface area contributed by atoms with E-state index in [1.54, 1.807) is 7.11 Å². The zero-order chi connectivity index (χ0) is 21.5. The number of piperidine rings is 1. The number of piperazine rings is 1. The van der Waals surface area contributed by atoms with Crippen molar-refractivity contribution in [1.29, 1.82) is 0 Å². The van der Waals surface area contributed by atoms with Crippen LogP contribution in [-0.4, -0.2) is 91.0 Å². The fourth-order valence-electron chi connectivity index (χ4n) is 5.04. The van der Waals surface area contributed by atoms with Crippen LogP contribution in [-0.2, 0) is 6.54 Å². The van der Waals surface area contributed by atoms with Gasteiger partial charge in [-0.3, -0.25) is 9.80 Å². The highest BCUT2D eigenvalue weighted by atomic mass is 16.5. The molecule has 1 aromatic carbocycles. The van der Waals surface area contributed by atoms with Gasteiger partial charge in [-0.15, -0.1) is 0 Å². The summed E-state index contributed by atoms with van der Waals surface area (Å²) in [6, 6.07) is 7.98. The average Bonchev–Trinajstić information content (AvgIpc) is 2.75. The first-order valence-electron chi connectivity index (χ1n) is 11.7. The van der Waals surface area contributed by atoms with Crippen molar-refractivity contribution >= 4 is 0 Å². The Bertz CT molecular complexity index is 647. The molecule has 0 radical (unpaired) electrons. The molecule has 1 atom stereocenters. The highest BCUT2D eigenvalue weighted by Crippen LogP contribution is 2.30. The van der Waals surface area contributed by atoms with Gasteiger partial charge < -0.3 is 19.5 Å². The number of ether oxygens (including phenoxy) is 2. The molecular formula is C24H41N3O3. The fourth-order valence-corrected chi connectivity index (χ4v) is 5.04. The second kappa shape index (κ2) is 11.3. The molecule has 2 aliphatic rings. The Morgan fingerprint density at radius 3 is 2.50 bits per heavy atom. The van der Waals surface area contributed by atoms with Crippen LogP contribution in [0.5, 0.6) is 11.5 Å². The maximum absolute atomic E-state index is 9.69. The average molecular weight is 420 g/mol. The van der Waals surface area contributed by atoms with Crippen LogP contribution < -0.4 is 9.47 Å². The first-order chi connectivity index (χ1) is 14.5. The summed E-state index contributed by atoms with van der Waals surface area (Å²) in [5.74, 6) is 1.61. The Labute approximate surface area is 182 Å². The van der Waals surface area contributed by atoms with E-state index in [1.165, 1.54) is 31.5 Å². The monoisotopic (exact) mass is 419 g/mol. The van der Waals surface area contributed by atoms with E-state index in [1.807, 2.05) is 13.0 Å². The molecule has 0 aromatic heterocycles. The molecule has 30 heavy (non-hydrogen) atoms. The Morgan fingerprint density at radius 2 is 1.87 bits per heavy atom. The number of nitrogens with zero attached hydrogens (tertiary/aromatic N) is 3. The third-order valence-electron chi connectivity index (χ3n) is 6.71. The molecule has 170 valence electrons. The van der Waals surface area contributed by atoms with E-state index in [9.17, 15) is 5.11 Å². The summed E-state index contributed by atoms with van der Waals surface area (Å²) in [6.45, 7) is 14.0. The SMILES string of the molecule is CCOc1cc(CN2CCN(C3CCN(C(C)C)CC3)[C@H](CCO)C2)ccc1OC. The molecule has 6 nitrogen and oxygen atoms in total. The Kier molecular flexibility index (Phi) is 8.81.